The lowest BCUT2D eigenvalue weighted by Crippen LogP contribution is -2.31. The first-order valence-corrected chi connectivity index (χ1v) is 8.76. The van der Waals surface area contributed by atoms with Crippen molar-refractivity contribution < 1.29 is 35.1 Å². The molecule has 1 aromatic heterocycles. The maximum Gasteiger partial charge on any atom is 0.337 e. The molecular weight excluding hydrogens is 380 g/mol. The zero-order chi connectivity index (χ0) is 21.1. The number of hydrogen-bond donors (Lipinski definition) is 7. The van der Waals surface area contributed by atoms with E-state index in [1.807, 2.05) is 0 Å². The number of carboxylic acid groups (broad SMARTS) is 2. The largest absolute Gasteiger partial charge is 0.478 e. The summed E-state index contributed by atoms with van der Waals surface area (Å²) < 4.78 is 0. The molecule has 7 N–H and O–H groups in total. The summed E-state index contributed by atoms with van der Waals surface area (Å²) in [5.74, 6) is -2.30. The predicted molar refractivity (Wildman–Crippen MR) is 105 cm³/mol. The lowest BCUT2D eigenvalue weighted by atomic mass is 10.1. The molecule has 0 saturated carbocycles. The van der Waals surface area contributed by atoms with Gasteiger partial charge >= 0.3 is 11.9 Å². The number of aliphatic hydroxyl groups is 3. The molecule has 1 heterocycles. The number of para-hydroxylation sites is 2. The molecule has 152 valence electrons. The van der Waals surface area contributed by atoms with Gasteiger partial charge in [-0.15, -0.1) is 0 Å². The molecule has 2 atom stereocenters. The molecular formula is C20H20N2O7. The Morgan fingerprint density at radius 3 is 2.24 bits per heavy atom. The van der Waals surface area contributed by atoms with Gasteiger partial charge in [0.25, 0.3) is 0 Å². The van der Waals surface area contributed by atoms with E-state index < -0.39 is 30.8 Å². The number of aliphatic hydroxyl groups excluding tert-OH is 3. The Bertz CT molecular complexity index is 1060. The first-order chi connectivity index (χ1) is 13.8. The van der Waals surface area contributed by atoms with Gasteiger partial charge in [-0.25, -0.2) is 9.59 Å². The van der Waals surface area contributed by atoms with Gasteiger partial charge in [0.15, 0.2) is 0 Å². The zero-order valence-electron chi connectivity index (χ0n) is 15.2. The number of aromatic amines is 1. The van der Waals surface area contributed by atoms with E-state index in [9.17, 15) is 30.0 Å². The van der Waals surface area contributed by atoms with E-state index in [-0.39, 0.29) is 28.8 Å². The molecule has 3 rings (SSSR count). The van der Waals surface area contributed by atoms with Crippen LogP contribution in [0.2, 0.25) is 0 Å². The number of anilines is 2. The van der Waals surface area contributed by atoms with Gasteiger partial charge in [-0.05, 0) is 18.2 Å². The maximum atomic E-state index is 11.6. The van der Waals surface area contributed by atoms with Crippen LogP contribution >= 0.6 is 0 Å². The summed E-state index contributed by atoms with van der Waals surface area (Å²) in [6.07, 6.45) is -2.84. The fraction of sp³-hybridized carbons (Fsp3) is 0.200. The lowest BCUT2D eigenvalue weighted by molar-refractivity contribution is -0.0135. The van der Waals surface area contributed by atoms with Gasteiger partial charge in [0.05, 0.1) is 40.7 Å². The number of aromatic carboxylic acids is 2. The van der Waals surface area contributed by atoms with Crippen molar-refractivity contribution in [2.75, 3.05) is 11.9 Å². The van der Waals surface area contributed by atoms with Crippen LogP contribution in [0.4, 0.5) is 11.4 Å². The number of rotatable bonds is 8. The van der Waals surface area contributed by atoms with Crippen molar-refractivity contribution in [3.05, 3.63) is 59.3 Å². The highest BCUT2D eigenvalue weighted by Crippen LogP contribution is 2.34. The molecule has 0 amide bonds. The molecule has 9 nitrogen and oxygen atoms in total. The highest BCUT2D eigenvalue weighted by molar-refractivity contribution is 6.08. The number of nitrogens with one attached hydrogen (secondary N) is 2. The number of benzene rings is 2. The Hall–Kier alpha value is -3.40. The second-order valence-electron chi connectivity index (χ2n) is 6.51. The molecule has 0 aliphatic rings. The third-order valence-corrected chi connectivity index (χ3v) is 4.60. The maximum absolute atomic E-state index is 11.6. The summed E-state index contributed by atoms with van der Waals surface area (Å²) in [7, 11) is 0. The molecule has 0 spiro atoms. The number of H-pyrrole nitrogens is 1. The normalized spacial score (nSPS) is 13.2. The molecule has 0 fully saturated rings. The van der Waals surface area contributed by atoms with E-state index in [0.717, 1.165) is 0 Å². The van der Waals surface area contributed by atoms with Crippen molar-refractivity contribution in [2.45, 2.75) is 18.6 Å². The first kappa shape index (κ1) is 20.3. The minimum absolute atomic E-state index is 0.000478. The van der Waals surface area contributed by atoms with Crippen LogP contribution in [0.15, 0.2) is 42.5 Å². The molecule has 0 saturated heterocycles. The molecule has 0 aliphatic carbocycles. The Morgan fingerprint density at radius 2 is 1.59 bits per heavy atom. The van der Waals surface area contributed by atoms with Crippen LogP contribution in [0.5, 0.6) is 0 Å². The predicted octanol–water partition coefficient (Wildman–Crippen LogP) is 1.56. The van der Waals surface area contributed by atoms with E-state index in [0.29, 0.717) is 16.8 Å². The van der Waals surface area contributed by atoms with E-state index >= 15 is 0 Å². The highest BCUT2D eigenvalue weighted by atomic mass is 16.4. The fourth-order valence-electron chi connectivity index (χ4n) is 3.13. The molecule has 2 unspecified atom stereocenters. The van der Waals surface area contributed by atoms with Gasteiger partial charge in [0, 0.05) is 17.5 Å². The smallest absolute Gasteiger partial charge is 0.337 e. The van der Waals surface area contributed by atoms with Crippen LogP contribution < -0.4 is 5.32 Å². The van der Waals surface area contributed by atoms with Crippen LogP contribution in [-0.4, -0.2) is 61.3 Å². The SMILES string of the molecule is O=C(O)c1ccccc1Nc1c(CC(O)C(O)CO)[nH]c2c(C(=O)O)cccc12. The Morgan fingerprint density at radius 1 is 0.931 bits per heavy atom. The van der Waals surface area contributed by atoms with Gasteiger partial charge < -0.3 is 35.8 Å². The quantitative estimate of drug-likeness (QED) is 0.299. The number of hydrogen-bond acceptors (Lipinski definition) is 6. The highest BCUT2D eigenvalue weighted by Gasteiger charge is 2.23. The Kier molecular flexibility index (Phi) is 5.83. The van der Waals surface area contributed by atoms with E-state index in [1.165, 1.54) is 12.1 Å². The van der Waals surface area contributed by atoms with Crippen molar-refractivity contribution in [3.8, 4) is 0 Å². The molecule has 3 aromatic rings. The van der Waals surface area contributed by atoms with Crippen molar-refractivity contribution >= 4 is 34.2 Å². The summed E-state index contributed by atoms with van der Waals surface area (Å²) >= 11 is 0. The third kappa shape index (κ3) is 4.06. The minimum atomic E-state index is -1.39. The average Bonchev–Trinajstić information content (AvgIpc) is 3.04. The van der Waals surface area contributed by atoms with Crippen molar-refractivity contribution in [1.82, 2.24) is 4.98 Å². The van der Waals surface area contributed by atoms with Crippen LogP contribution in [0, 0.1) is 0 Å². The molecule has 0 bridgehead atoms. The third-order valence-electron chi connectivity index (χ3n) is 4.60. The number of carboxylic acids is 2. The van der Waals surface area contributed by atoms with Crippen LogP contribution in [-0.2, 0) is 6.42 Å². The summed E-state index contributed by atoms with van der Waals surface area (Å²) in [5, 5.41) is 51.3. The van der Waals surface area contributed by atoms with Gasteiger partial charge in [-0.1, -0.05) is 24.3 Å². The molecule has 0 aliphatic heterocycles. The number of carbonyl (C=O) groups is 2. The van der Waals surface area contributed by atoms with Gasteiger partial charge in [0.2, 0.25) is 0 Å². The molecule has 9 heteroatoms. The van der Waals surface area contributed by atoms with Crippen LogP contribution in [0.3, 0.4) is 0 Å². The van der Waals surface area contributed by atoms with Gasteiger partial charge in [-0.3, -0.25) is 0 Å². The summed E-state index contributed by atoms with van der Waals surface area (Å²) in [4.78, 5) is 26.0. The number of fused-ring (bicyclic) bond motifs is 1. The van der Waals surface area contributed by atoms with E-state index in [2.05, 4.69) is 10.3 Å². The summed E-state index contributed by atoms with van der Waals surface area (Å²) in [6.45, 7) is -0.646. The minimum Gasteiger partial charge on any atom is -0.478 e. The molecule has 2 aromatic carbocycles. The van der Waals surface area contributed by atoms with Crippen LogP contribution in [0.25, 0.3) is 10.9 Å². The fourth-order valence-corrected chi connectivity index (χ4v) is 3.13. The topological polar surface area (TPSA) is 163 Å². The second-order valence-corrected chi connectivity index (χ2v) is 6.51. The zero-order valence-corrected chi connectivity index (χ0v) is 15.2. The molecule has 29 heavy (non-hydrogen) atoms. The van der Waals surface area contributed by atoms with Gasteiger partial charge in [0.1, 0.15) is 6.10 Å². The van der Waals surface area contributed by atoms with Gasteiger partial charge in [-0.2, -0.15) is 0 Å². The first-order valence-electron chi connectivity index (χ1n) is 8.76. The van der Waals surface area contributed by atoms with Crippen LogP contribution in [0.1, 0.15) is 26.4 Å². The van der Waals surface area contributed by atoms with E-state index in [1.54, 1.807) is 30.3 Å². The van der Waals surface area contributed by atoms with Crippen molar-refractivity contribution in [3.63, 3.8) is 0 Å². The average molecular weight is 400 g/mol. The standard InChI is InChI=1S/C20H20N2O7/c23-9-16(25)15(24)8-14-18(21-13-7-2-1-4-10(13)19(26)27)11-5-3-6-12(20(28)29)17(11)22-14/h1-7,15-16,21-25H,8-9H2,(H,26,27)(H,28,29). The molecule has 0 radical (unpaired) electrons. The Balaban J connectivity index is 2.15. The van der Waals surface area contributed by atoms with Crippen molar-refractivity contribution in [1.29, 1.82) is 0 Å². The Labute approximate surface area is 164 Å². The summed E-state index contributed by atoms with van der Waals surface area (Å²) in [6, 6.07) is 10.8. The van der Waals surface area contributed by atoms with Crippen molar-refractivity contribution in [2.24, 2.45) is 0 Å². The second kappa shape index (κ2) is 8.31. The lowest BCUT2D eigenvalue weighted by Gasteiger charge is -2.17. The monoisotopic (exact) mass is 400 g/mol. The summed E-state index contributed by atoms with van der Waals surface area (Å²) in [5.41, 5.74) is 1.31. The van der Waals surface area contributed by atoms with E-state index in [4.69, 9.17) is 5.11 Å². The number of aromatic nitrogens is 1.